The Hall–Kier alpha value is -2.54. The highest BCUT2D eigenvalue weighted by Gasteiger charge is 2.06. The van der Waals surface area contributed by atoms with Crippen LogP contribution in [0.3, 0.4) is 0 Å². The van der Waals surface area contributed by atoms with Gasteiger partial charge in [-0.15, -0.1) is 12.3 Å². The van der Waals surface area contributed by atoms with E-state index >= 15 is 0 Å². The van der Waals surface area contributed by atoms with Crippen LogP contribution in [-0.2, 0) is 0 Å². The van der Waals surface area contributed by atoms with Gasteiger partial charge < -0.3 is 9.47 Å². The predicted molar refractivity (Wildman–Crippen MR) is 76.4 cm³/mol. The van der Waals surface area contributed by atoms with Crippen LogP contribution in [0, 0.1) is 24.0 Å². The van der Waals surface area contributed by atoms with E-state index in [1.165, 1.54) is 6.07 Å². The molecule has 2 rings (SSSR count). The van der Waals surface area contributed by atoms with Crippen molar-refractivity contribution in [2.24, 2.45) is 0 Å². The van der Waals surface area contributed by atoms with E-state index in [4.69, 9.17) is 15.9 Å². The number of halogens is 2. The Labute approximate surface area is 122 Å². The molecular weight excluding hydrogens is 274 g/mol. The van der Waals surface area contributed by atoms with E-state index in [-0.39, 0.29) is 5.75 Å². The van der Waals surface area contributed by atoms with Crippen molar-refractivity contribution >= 4 is 0 Å². The fourth-order valence-corrected chi connectivity index (χ4v) is 1.65. The second kappa shape index (κ2) is 7.30. The van der Waals surface area contributed by atoms with Crippen molar-refractivity contribution in [3.05, 3.63) is 54.1 Å². The van der Waals surface area contributed by atoms with Crippen molar-refractivity contribution in [1.29, 1.82) is 0 Å². The van der Waals surface area contributed by atoms with Crippen molar-refractivity contribution in [1.82, 2.24) is 0 Å². The third-order valence-electron chi connectivity index (χ3n) is 2.68. The number of terminal acetylenes is 1. The molecule has 2 aromatic rings. The van der Waals surface area contributed by atoms with Crippen LogP contribution in [0.2, 0.25) is 0 Å². The maximum Gasteiger partial charge on any atom is 0.168 e. The average molecular weight is 288 g/mol. The molecule has 2 nitrogen and oxygen atoms in total. The molecule has 0 unspecified atom stereocenters. The van der Waals surface area contributed by atoms with Crippen molar-refractivity contribution in [3.63, 3.8) is 0 Å². The summed E-state index contributed by atoms with van der Waals surface area (Å²) < 4.78 is 37.1. The molecule has 0 saturated heterocycles. The minimum absolute atomic E-state index is 0.0286. The largest absolute Gasteiger partial charge is 0.494 e. The monoisotopic (exact) mass is 288 g/mol. The van der Waals surface area contributed by atoms with Gasteiger partial charge in [0.2, 0.25) is 0 Å². The minimum Gasteiger partial charge on any atom is -0.494 e. The van der Waals surface area contributed by atoms with Gasteiger partial charge in [-0.3, -0.25) is 0 Å². The smallest absolute Gasteiger partial charge is 0.168 e. The number of rotatable bonds is 6. The van der Waals surface area contributed by atoms with Crippen LogP contribution >= 0.6 is 0 Å². The SMILES string of the molecule is C#CCCCOc1ccc(Oc2ccc(F)cc2F)cc1. The summed E-state index contributed by atoms with van der Waals surface area (Å²) in [6.07, 6.45) is 6.61. The van der Waals surface area contributed by atoms with Crippen molar-refractivity contribution in [2.45, 2.75) is 12.8 Å². The Morgan fingerprint density at radius 2 is 1.71 bits per heavy atom. The fourth-order valence-electron chi connectivity index (χ4n) is 1.65. The van der Waals surface area contributed by atoms with E-state index in [1.54, 1.807) is 24.3 Å². The summed E-state index contributed by atoms with van der Waals surface area (Å²) in [5.41, 5.74) is 0. The maximum atomic E-state index is 13.4. The normalized spacial score (nSPS) is 9.95. The molecule has 0 bridgehead atoms. The summed E-state index contributed by atoms with van der Waals surface area (Å²) >= 11 is 0. The molecule has 0 heterocycles. The van der Waals surface area contributed by atoms with E-state index in [1.807, 2.05) is 0 Å². The maximum absolute atomic E-state index is 13.4. The number of hydrogen-bond acceptors (Lipinski definition) is 2. The molecule has 0 atom stereocenters. The lowest BCUT2D eigenvalue weighted by Crippen LogP contribution is -1.96. The zero-order valence-electron chi connectivity index (χ0n) is 11.3. The van der Waals surface area contributed by atoms with Crippen LogP contribution in [0.1, 0.15) is 12.8 Å². The first-order valence-electron chi connectivity index (χ1n) is 6.48. The summed E-state index contributed by atoms with van der Waals surface area (Å²) in [6.45, 7) is 0.539. The molecule has 0 N–H and O–H groups in total. The molecule has 0 radical (unpaired) electrons. The van der Waals surface area contributed by atoms with Crippen LogP contribution in [0.5, 0.6) is 17.2 Å². The molecule has 0 amide bonds. The van der Waals surface area contributed by atoms with Crippen LogP contribution in [-0.4, -0.2) is 6.61 Å². The van der Waals surface area contributed by atoms with E-state index in [0.29, 0.717) is 24.5 Å². The van der Waals surface area contributed by atoms with Gasteiger partial charge in [-0.1, -0.05) is 0 Å². The molecule has 4 heteroatoms. The predicted octanol–water partition coefficient (Wildman–Crippen LogP) is 4.55. The number of benzene rings is 2. The van der Waals surface area contributed by atoms with E-state index in [0.717, 1.165) is 18.6 Å². The van der Waals surface area contributed by atoms with Gasteiger partial charge in [-0.25, -0.2) is 8.78 Å². The summed E-state index contributed by atoms with van der Waals surface area (Å²) in [5.74, 6) is 2.24. The van der Waals surface area contributed by atoms with Crippen molar-refractivity contribution in [2.75, 3.05) is 6.61 Å². The van der Waals surface area contributed by atoms with Crippen LogP contribution in [0.25, 0.3) is 0 Å². The Balaban J connectivity index is 1.94. The molecule has 0 aliphatic heterocycles. The van der Waals surface area contributed by atoms with Gasteiger partial charge in [0.25, 0.3) is 0 Å². The van der Waals surface area contributed by atoms with Gasteiger partial charge in [0.15, 0.2) is 11.6 Å². The van der Waals surface area contributed by atoms with Gasteiger partial charge in [0, 0.05) is 12.5 Å². The first-order chi connectivity index (χ1) is 10.2. The molecule has 2 aromatic carbocycles. The Morgan fingerprint density at radius 1 is 1.00 bits per heavy atom. The third kappa shape index (κ3) is 4.50. The molecular formula is C17H14F2O2. The highest BCUT2D eigenvalue weighted by molar-refractivity contribution is 5.36. The number of ether oxygens (including phenoxy) is 2. The van der Waals surface area contributed by atoms with Gasteiger partial charge in [0.05, 0.1) is 6.61 Å². The van der Waals surface area contributed by atoms with Gasteiger partial charge in [-0.2, -0.15) is 0 Å². The molecule has 0 aliphatic rings. The lowest BCUT2D eigenvalue weighted by Gasteiger charge is -2.08. The lowest BCUT2D eigenvalue weighted by molar-refractivity contribution is 0.312. The summed E-state index contributed by atoms with van der Waals surface area (Å²) in [6, 6.07) is 9.90. The summed E-state index contributed by atoms with van der Waals surface area (Å²) in [4.78, 5) is 0. The molecule has 0 saturated carbocycles. The molecule has 0 fully saturated rings. The highest BCUT2D eigenvalue weighted by atomic mass is 19.1. The van der Waals surface area contributed by atoms with E-state index in [9.17, 15) is 8.78 Å². The van der Waals surface area contributed by atoms with Gasteiger partial charge in [0.1, 0.15) is 17.3 Å². The van der Waals surface area contributed by atoms with Crippen LogP contribution in [0.15, 0.2) is 42.5 Å². The molecule has 0 aliphatic carbocycles. The second-order valence-electron chi connectivity index (χ2n) is 4.30. The topological polar surface area (TPSA) is 18.5 Å². The zero-order chi connectivity index (χ0) is 15.1. The highest BCUT2D eigenvalue weighted by Crippen LogP contribution is 2.26. The quantitative estimate of drug-likeness (QED) is 0.573. The second-order valence-corrected chi connectivity index (χ2v) is 4.30. The molecule has 21 heavy (non-hydrogen) atoms. The lowest BCUT2D eigenvalue weighted by atomic mass is 10.3. The van der Waals surface area contributed by atoms with Crippen LogP contribution < -0.4 is 9.47 Å². The van der Waals surface area contributed by atoms with E-state index in [2.05, 4.69) is 5.92 Å². The zero-order valence-corrected chi connectivity index (χ0v) is 11.3. The Kier molecular flexibility index (Phi) is 5.16. The summed E-state index contributed by atoms with van der Waals surface area (Å²) in [7, 11) is 0. The number of hydrogen-bond donors (Lipinski definition) is 0. The summed E-state index contributed by atoms with van der Waals surface area (Å²) in [5, 5.41) is 0. The first kappa shape index (κ1) is 14.9. The number of unbranched alkanes of at least 4 members (excludes halogenated alkanes) is 1. The first-order valence-corrected chi connectivity index (χ1v) is 6.48. The van der Waals surface area contributed by atoms with Gasteiger partial charge in [-0.05, 0) is 42.8 Å². The van der Waals surface area contributed by atoms with Crippen molar-refractivity contribution in [3.8, 4) is 29.6 Å². The third-order valence-corrected chi connectivity index (χ3v) is 2.68. The molecule has 0 aromatic heterocycles. The average Bonchev–Trinajstić information content (AvgIpc) is 2.48. The van der Waals surface area contributed by atoms with Crippen LogP contribution in [0.4, 0.5) is 8.78 Å². The Bertz CT molecular complexity index is 630. The molecule has 0 spiro atoms. The van der Waals surface area contributed by atoms with Crippen molar-refractivity contribution < 1.29 is 18.3 Å². The minimum atomic E-state index is -0.746. The standard InChI is InChI=1S/C17H14F2O2/c1-2-3-4-11-20-14-6-8-15(9-7-14)21-17-10-5-13(18)12-16(17)19/h1,5-10,12H,3-4,11H2. The fraction of sp³-hybridized carbons (Fsp3) is 0.176. The molecule has 108 valence electrons. The van der Waals surface area contributed by atoms with E-state index < -0.39 is 11.6 Å². The Morgan fingerprint density at radius 3 is 2.38 bits per heavy atom. The van der Waals surface area contributed by atoms with Gasteiger partial charge >= 0.3 is 0 Å².